The summed E-state index contributed by atoms with van der Waals surface area (Å²) in [6.07, 6.45) is 2.94. The average Bonchev–Trinajstić information content (AvgIpc) is 2.29. The monoisotopic (exact) mass is 268 g/mol. The Kier molecular flexibility index (Phi) is 3.51. The zero-order valence-corrected chi connectivity index (χ0v) is 9.90. The van der Waals surface area contributed by atoms with E-state index in [0.717, 1.165) is 0 Å². The molecule has 2 aromatic heterocycles. The van der Waals surface area contributed by atoms with Crippen molar-refractivity contribution in [3.05, 3.63) is 46.6 Å². The molecule has 0 fully saturated rings. The van der Waals surface area contributed by atoms with Gasteiger partial charge in [0.25, 0.3) is 5.91 Å². The molecule has 0 aliphatic carbocycles. The molecule has 17 heavy (non-hydrogen) atoms. The highest BCUT2D eigenvalue weighted by Crippen LogP contribution is 2.14. The van der Waals surface area contributed by atoms with Crippen molar-refractivity contribution in [3.63, 3.8) is 0 Å². The molecular formula is C10H6Cl2N4O. The highest BCUT2D eigenvalue weighted by atomic mass is 35.5. The molecule has 2 rings (SSSR count). The molecule has 7 heteroatoms. The van der Waals surface area contributed by atoms with Gasteiger partial charge < -0.3 is 5.32 Å². The fourth-order valence-corrected chi connectivity index (χ4v) is 1.50. The first-order chi connectivity index (χ1) is 8.16. The molecule has 2 aromatic rings. The third-order valence-corrected chi connectivity index (χ3v) is 2.35. The maximum absolute atomic E-state index is 11.8. The fourth-order valence-electron chi connectivity index (χ4n) is 1.14. The maximum Gasteiger partial charge on any atom is 0.259 e. The molecule has 86 valence electrons. The number of nitrogens with zero attached hydrogens (tertiary/aromatic N) is 3. The van der Waals surface area contributed by atoms with Crippen LogP contribution in [0.1, 0.15) is 10.4 Å². The molecule has 2 heterocycles. The topological polar surface area (TPSA) is 67.8 Å². The molecule has 0 unspecified atom stereocenters. The van der Waals surface area contributed by atoms with Gasteiger partial charge in [-0.3, -0.25) is 4.79 Å². The van der Waals surface area contributed by atoms with Gasteiger partial charge in [-0.15, -0.1) is 0 Å². The molecule has 5 nitrogen and oxygen atoms in total. The number of anilines is 1. The number of pyridine rings is 1. The number of nitrogens with one attached hydrogen (secondary N) is 1. The molecule has 0 aromatic carbocycles. The molecule has 1 N–H and O–H groups in total. The number of carbonyl (C=O) groups excluding carboxylic acids is 1. The second-order valence-corrected chi connectivity index (χ2v) is 3.70. The van der Waals surface area contributed by atoms with Crippen molar-refractivity contribution in [2.75, 3.05) is 5.32 Å². The molecule has 0 atom stereocenters. The van der Waals surface area contributed by atoms with Crippen LogP contribution < -0.4 is 5.32 Å². The van der Waals surface area contributed by atoms with E-state index in [0.29, 0.717) is 5.82 Å². The van der Waals surface area contributed by atoms with Gasteiger partial charge in [-0.1, -0.05) is 11.6 Å². The van der Waals surface area contributed by atoms with Crippen molar-refractivity contribution in [3.8, 4) is 0 Å². The minimum atomic E-state index is -0.405. The average molecular weight is 269 g/mol. The van der Waals surface area contributed by atoms with Crippen LogP contribution >= 0.6 is 23.2 Å². The first kappa shape index (κ1) is 11.8. The summed E-state index contributed by atoms with van der Waals surface area (Å²) in [5.41, 5.74) is 0.268. The smallest absolute Gasteiger partial charge is 0.259 e. The molecule has 0 aliphatic rings. The zero-order valence-electron chi connectivity index (χ0n) is 8.39. The number of halogens is 2. The Labute approximate surface area is 107 Å². The summed E-state index contributed by atoms with van der Waals surface area (Å²) in [5.74, 6) is -0.104. The summed E-state index contributed by atoms with van der Waals surface area (Å²) in [4.78, 5) is 23.1. The van der Waals surface area contributed by atoms with Gasteiger partial charge >= 0.3 is 0 Å². The van der Waals surface area contributed by atoms with E-state index < -0.39 is 5.91 Å². The summed E-state index contributed by atoms with van der Waals surface area (Å²) < 4.78 is 0. The van der Waals surface area contributed by atoms with Gasteiger partial charge in [-0.05, 0) is 29.8 Å². The number of amides is 1. The van der Waals surface area contributed by atoms with Crippen molar-refractivity contribution in [1.82, 2.24) is 15.0 Å². The predicted octanol–water partition coefficient (Wildman–Crippen LogP) is 2.43. The first-order valence-corrected chi connectivity index (χ1v) is 5.33. The van der Waals surface area contributed by atoms with Crippen molar-refractivity contribution < 1.29 is 4.79 Å². The van der Waals surface area contributed by atoms with Gasteiger partial charge in [-0.25, -0.2) is 15.0 Å². The van der Waals surface area contributed by atoms with Crippen LogP contribution in [0, 0.1) is 0 Å². The molecule has 1 amide bonds. The van der Waals surface area contributed by atoms with Crippen LogP contribution in [-0.2, 0) is 0 Å². The molecule has 0 bridgehead atoms. The van der Waals surface area contributed by atoms with Crippen LogP contribution in [0.2, 0.25) is 10.4 Å². The highest BCUT2D eigenvalue weighted by molar-refractivity contribution is 6.33. The van der Waals surface area contributed by atoms with E-state index in [2.05, 4.69) is 20.3 Å². The second-order valence-electron chi connectivity index (χ2n) is 3.01. The third-order valence-electron chi connectivity index (χ3n) is 1.87. The van der Waals surface area contributed by atoms with Gasteiger partial charge in [0.15, 0.2) is 0 Å². The van der Waals surface area contributed by atoms with Crippen LogP contribution in [0.15, 0.2) is 30.6 Å². The standard InChI is InChI=1S/C10H6Cl2N4O/c11-8-6(2-1-4-13-8)9(17)15-7-3-5-14-10(12)16-7/h1-5H,(H,14,15,16,17). The van der Waals surface area contributed by atoms with Crippen molar-refractivity contribution in [2.24, 2.45) is 0 Å². The Bertz CT molecular complexity index is 562. The fraction of sp³-hybridized carbons (Fsp3) is 0. The van der Waals surface area contributed by atoms with Crippen LogP contribution in [0.4, 0.5) is 5.82 Å². The Morgan fingerprint density at radius 3 is 2.71 bits per heavy atom. The maximum atomic E-state index is 11.8. The second kappa shape index (κ2) is 5.07. The van der Waals surface area contributed by atoms with Crippen LogP contribution in [0.5, 0.6) is 0 Å². The molecule has 0 saturated carbocycles. The van der Waals surface area contributed by atoms with Crippen LogP contribution in [-0.4, -0.2) is 20.9 Å². The lowest BCUT2D eigenvalue weighted by molar-refractivity contribution is 0.102. The van der Waals surface area contributed by atoms with E-state index in [1.165, 1.54) is 18.5 Å². The Morgan fingerprint density at radius 2 is 2.00 bits per heavy atom. The molecular weight excluding hydrogens is 263 g/mol. The summed E-state index contributed by atoms with van der Waals surface area (Å²) in [5, 5.41) is 2.73. The minimum Gasteiger partial charge on any atom is -0.306 e. The lowest BCUT2D eigenvalue weighted by Gasteiger charge is -2.04. The molecule has 0 aliphatic heterocycles. The highest BCUT2D eigenvalue weighted by Gasteiger charge is 2.11. The van der Waals surface area contributed by atoms with Gasteiger partial charge in [0.2, 0.25) is 5.28 Å². The summed E-state index contributed by atoms with van der Waals surface area (Å²) in [7, 11) is 0. The predicted molar refractivity (Wildman–Crippen MR) is 64.2 cm³/mol. The van der Waals surface area contributed by atoms with Crippen LogP contribution in [0.25, 0.3) is 0 Å². The number of hydrogen-bond acceptors (Lipinski definition) is 4. The Balaban J connectivity index is 2.20. The Morgan fingerprint density at radius 1 is 1.18 bits per heavy atom. The van der Waals surface area contributed by atoms with E-state index in [-0.39, 0.29) is 16.0 Å². The largest absolute Gasteiger partial charge is 0.306 e. The quantitative estimate of drug-likeness (QED) is 0.671. The molecule has 0 radical (unpaired) electrons. The van der Waals surface area contributed by atoms with E-state index >= 15 is 0 Å². The Hall–Kier alpha value is -1.72. The molecule has 0 saturated heterocycles. The molecule has 0 spiro atoms. The summed E-state index contributed by atoms with van der Waals surface area (Å²) in [6, 6.07) is 4.70. The van der Waals surface area contributed by atoms with Crippen LogP contribution in [0.3, 0.4) is 0 Å². The van der Waals surface area contributed by atoms with E-state index in [4.69, 9.17) is 23.2 Å². The van der Waals surface area contributed by atoms with Crippen molar-refractivity contribution in [1.29, 1.82) is 0 Å². The van der Waals surface area contributed by atoms with Crippen molar-refractivity contribution in [2.45, 2.75) is 0 Å². The first-order valence-electron chi connectivity index (χ1n) is 4.57. The lowest BCUT2D eigenvalue weighted by Crippen LogP contribution is -2.14. The normalized spacial score (nSPS) is 10.0. The van der Waals surface area contributed by atoms with Gasteiger partial charge in [-0.2, -0.15) is 0 Å². The van der Waals surface area contributed by atoms with E-state index in [1.807, 2.05) is 0 Å². The number of hydrogen-bond donors (Lipinski definition) is 1. The third kappa shape index (κ3) is 2.89. The minimum absolute atomic E-state index is 0.0556. The van der Waals surface area contributed by atoms with Gasteiger partial charge in [0.05, 0.1) is 5.56 Å². The SMILES string of the molecule is O=C(Nc1ccnc(Cl)n1)c1cccnc1Cl. The van der Waals surface area contributed by atoms with Gasteiger partial charge in [0, 0.05) is 12.4 Å². The summed E-state index contributed by atoms with van der Waals surface area (Å²) in [6.45, 7) is 0. The lowest BCUT2D eigenvalue weighted by atomic mass is 10.2. The van der Waals surface area contributed by atoms with E-state index in [1.54, 1.807) is 12.1 Å². The van der Waals surface area contributed by atoms with Crippen molar-refractivity contribution >= 4 is 34.9 Å². The summed E-state index contributed by atoms with van der Waals surface area (Å²) >= 11 is 11.4. The number of carbonyl (C=O) groups is 1. The zero-order chi connectivity index (χ0) is 12.3. The van der Waals surface area contributed by atoms with E-state index in [9.17, 15) is 4.79 Å². The number of aromatic nitrogens is 3. The van der Waals surface area contributed by atoms with Gasteiger partial charge in [0.1, 0.15) is 11.0 Å². The number of rotatable bonds is 2.